The largest absolute Gasteiger partial charge is 0.320 e. The van der Waals surface area contributed by atoms with Crippen LogP contribution in [0.15, 0.2) is 29.4 Å². The predicted molar refractivity (Wildman–Crippen MR) is 74.4 cm³/mol. The van der Waals surface area contributed by atoms with Gasteiger partial charge in [0.1, 0.15) is 18.0 Å². The molecule has 0 aliphatic carbocycles. The summed E-state index contributed by atoms with van der Waals surface area (Å²) in [6, 6.07) is 5.40. The van der Waals surface area contributed by atoms with Gasteiger partial charge in [-0.2, -0.15) is 0 Å². The fourth-order valence-electron chi connectivity index (χ4n) is 1.78. The second-order valence-corrected chi connectivity index (χ2v) is 5.20. The molecule has 1 atom stereocenters. The van der Waals surface area contributed by atoms with E-state index < -0.39 is 0 Å². The number of aromatic nitrogens is 3. The number of halogens is 1. The van der Waals surface area contributed by atoms with E-state index in [0.29, 0.717) is 11.4 Å². The highest BCUT2D eigenvalue weighted by Gasteiger charge is 2.10. The van der Waals surface area contributed by atoms with Gasteiger partial charge in [0, 0.05) is 18.0 Å². The van der Waals surface area contributed by atoms with Gasteiger partial charge in [-0.15, -0.1) is 22.0 Å². The van der Waals surface area contributed by atoms with Crippen LogP contribution in [0.1, 0.15) is 24.4 Å². The normalized spacial score (nSPS) is 12.6. The highest BCUT2D eigenvalue weighted by atomic mass is 32.2. The molecule has 102 valence electrons. The molecule has 0 spiro atoms. The maximum atomic E-state index is 13.7. The predicted octanol–water partition coefficient (Wildman–Crippen LogP) is 2.53. The Kier molecular flexibility index (Phi) is 4.55. The van der Waals surface area contributed by atoms with Crippen molar-refractivity contribution in [2.45, 2.75) is 24.4 Å². The molecule has 0 saturated heterocycles. The third-order valence-corrected chi connectivity index (χ3v) is 3.82. The van der Waals surface area contributed by atoms with E-state index >= 15 is 0 Å². The minimum Gasteiger partial charge on any atom is -0.320 e. The van der Waals surface area contributed by atoms with Crippen molar-refractivity contribution in [2.75, 3.05) is 6.26 Å². The van der Waals surface area contributed by atoms with Gasteiger partial charge in [-0.25, -0.2) is 4.39 Å². The summed E-state index contributed by atoms with van der Waals surface area (Å²) in [5, 5.41) is 11.1. The number of nitrogens with one attached hydrogen (secondary N) is 1. The van der Waals surface area contributed by atoms with Crippen LogP contribution < -0.4 is 5.32 Å². The molecule has 2 aromatic rings. The zero-order valence-electron chi connectivity index (χ0n) is 11.2. The Morgan fingerprint density at radius 2 is 2.26 bits per heavy atom. The maximum Gasteiger partial charge on any atom is 0.146 e. The Hall–Kier alpha value is -1.40. The molecule has 0 radical (unpaired) electrons. The summed E-state index contributed by atoms with van der Waals surface area (Å²) >= 11 is 1.41. The van der Waals surface area contributed by atoms with Crippen molar-refractivity contribution >= 4 is 11.8 Å². The van der Waals surface area contributed by atoms with Gasteiger partial charge in [0.05, 0.1) is 6.54 Å². The smallest absolute Gasteiger partial charge is 0.146 e. The molecule has 6 heteroatoms. The highest BCUT2D eigenvalue weighted by molar-refractivity contribution is 7.98. The van der Waals surface area contributed by atoms with Crippen molar-refractivity contribution in [1.82, 2.24) is 20.1 Å². The van der Waals surface area contributed by atoms with E-state index in [1.54, 1.807) is 12.4 Å². The van der Waals surface area contributed by atoms with E-state index in [1.165, 1.54) is 11.8 Å². The molecule has 0 aliphatic heterocycles. The summed E-state index contributed by atoms with van der Waals surface area (Å²) in [5.74, 6) is 0.686. The second kappa shape index (κ2) is 6.16. The van der Waals surface area contributed by atoms with Crippen molar-refractivity contribution in [3.63, 3.8) is 0 Å². The summed E-state index contributed by atoms with van der Waals surface area (Å²) in [7, 11) is 1.90. The Balaban J connectivity index is 2.02. The third-order valence-electron chi connectivity index (χ3n) is 3.05. The van der Waals surface area contributed by atoms with Crippen molar-refractivity contribution in [1.29, 1.82) is 0 Å². The topological polar surface area (TPSA) is 42.7 Å². The van der Waals surface area contributed by atoms with Gasteiger partial charge in [0.15, 0.2) is 0 Å². The number of hydrogen-bond acceptors (Lipinski definition) is 4. The lowest BCUT2D eigenvalue weighted by Gasteiger charge is -2.14. The molecule has 0 amide bonds. The lowest BCUT2D eigenvalue weighted by atomic mass is 10.1. The van der Waals surface area contributed by atoms with Crippen molar-refractivity contribution in [2.24, 2.45) is 7.05 Å². The molecule has 1 unspecified atom stereocenters. The van der Waals surface area contributed by atoms with Crippen molar-refractivity contribution in [3.05, 3.63) is 41.7 Å². The van der Waals surface area contributed by atoms with E-state index in [0.717, 1.165) is 11.4 Å². The molecule has 2 rings (SSSR count). The third kappa shape index (κ3) is 3.33. The van der Waals surface area contributed by atoms with Gasteiger partial charge in [-0.05, 0) is 30.9 Å². The maximum absolute atomic E-state index is 13.7. The molecular weight excluding hydrogens is 263 g/mol. The Labute approximate surface area is 116 Å². The Morgan fingerprint density at radius 1 is 1.47 bits per heavy atom. The van der Waals surface area contributed by atoms with E-state index in [9.17, 15) is 4.39 Å². The molecular formula is C13H17FN4S. The minimum atomic E-state index is -0.169. The number of rotatable bonds is 5. The molecule has 4 nitrogen and oxygen atoms in total. The van der Waals surface area contributed by atoms with Crippen LogP contribution in [0.4, 0.5) is 4.39 Å². The number of aryl methyl sites for hydroxylation is 1. The van der Waals surface area contributed by atoms with Crippen molar-refractivity contribution < 1.29 is 4.39 Å². The van der Waals surface area contributed by atoms with E-state index in [2.05, 4.69) is 15.5 Å². The Bertz CT molecular complexity index is 555. The first-order valence-corrected chi connectivity index (χ1v) is 7.24. The van der Waals surface area contributed by atoms with Crippen LogP contribution in [0.2, 0.25) is 0 Å². The van der Waals surface area contributed by atoms with Crippen molar-refractivity contribution in [3.8, 4) is 0 Å². The zero-order valence-corrected chi connectivity index (χ0v) is 12.0. The summed E-state index contributed by atoms with van der Waals surface area (Å²) in [6.07, 6.45) is 3.53. The van der Waals surface area contributed by atoms with E-state index in [-0.39, 0.29) is 11.9 Å². The molecule has 0 fully saturated rings. The summed E-state index contributed by atoms with van der Waals surface area (Å²) < 4.78 is 15.6. The molecule has 1 N–H and O–H groups in total. The van der Waals surface area contributed by atoms with E-state index in [4.69, 9.17) is 0 Å². The molecule has 1 aromatic heterocycles. The van der Waals surface area contributed by atoms with E-state index in [1.807, 2.05) is 36.9 Å². The molecule has 0 bridgehead atoms. The van der Waals surface area contributed by atoms with Crippen LogP contribution in [-0.4, -0.2) is 21.0 Å². The number of benzene rings is 1. The minimum absolute atomic E-state index is 0.0575. The van der Waals surface area contributed by atoms with Crippen LogP contribution in [0.25, 0.3) is 0 Å². The fourth-order valence-corrected chi connectivity index (χ4v) is 2.24. The lowest BCUT2D eigenvalue weighted by molar-refractivity contribution is 0.539. The van der Waals surface area contributed by atoms with Crippen LogP contribution in [0.3, 0.4) is 0 Å². The van der Waals surface area contributed by atoms with Gasteiger partial charge >= 0.3 is 0 Å². The number of nitrogens with zero attached hydrogens (tertiary/aromatic N) is 3. The number of hydrogen-bond donors (Lipinski definition) is 1. The molecule has 19 heavy (non-hydrogen) atoms. The average Bonchev–Trinajstić information content (AvgIpc) is 2.81. The van der Waals surface area contributed by atoms with Crippen LogP contribution in [0.5, 0.6) is 0 Å². The zero-order chi connectivity index (χ0) is 13.8. The van der Waals surface area contributed by atoms with Gasteiger partial charge in [0.25, 0.3) is 0 Å². The molecule has 1 aromatic carbocycles. The standard InChI is InChI=1S/C13H17FN4S/c1-9(15-7-13-17-16-8-18(13)2)10-4-5-12(19-3)11(14)6-10/h4-6,8-9,15H,7H2,1-3H3. The molecule has 1 heterocycles. The average molecular weight is 280 g/mol. The Morgan fingerprint density at radius 3 is 2.84 bits per heavy atom. The molecule has 0 saturated carbocycles. The second-order valence-electron chi connectivity index (χ2n) is 4.35. The first-order chi connectivity index (χ1) is 9.11. The van der Waals surface area contributed by atoms with Crippen LogP contribution in [-0.2, 0) is 13.6 Å². The monoisotopic (exact) mass is 280 g/mol. The quantitative estimate of drug-likeness (QED) is 0.855. The summed E-state index contributed by atoms with van der Waals surface area (Å²) in [6.45, 7) is 2.60. The van der Waals surface area contributed by atoms with Gasteiger partial charge in [0.2, 0.25) is 0 Å². The fraction of sp³-hybridized carbons (Fsp3) is 0.385. The van der Waals surface area contributed by atoms with Gasteiger partial charge < -0.3 is 9.88 Å². The number of thioether (sulfide) groups is 1. The first kappa shape index (κ1) is 14.0. The highest BCUT2D eigenvalue weighted by Crippen LogP contribution is 2.23. The molecule has 0 aliphatic rings. The van der Waals surface area contributed by atoms with Gasteiger partial charge in [-0.3, -0.25) is 0 Å². The van der Waals surface area contributed by atoms with Crippen LogP contribution >= 0.6 is 11.8 Å². The lowest BCUT2D eigenvalue weighted by Crippen LogP contribution is -2.20. The summed E-state index contributed by atoms with van der Waals surface area (Å²) in [5.41, 5.74) is 0.928. The SMILES string of the molecule is CSc1ccc(C(C)NCc2nncn2C)cc1F. The van der Waals surface area contributed by atoms with Gasteiger partial charge in [-0.1, -0.05) is 6.07 Å². The first-order valence-electron chi connectivity index (χ1n) is 6.01. The van der Waals surface area contributed by atoms with Crippen LogP contribution in [0, 0.1) is 5.82 Å². The summed E-state index contributed by atoms with van der Waals surface area (Å²) in [4.78, 5) is 0.671.